The highest BCUT2D eigenvalue weighted by atomic mass is 19.4. The zero-order valence-corrected chi connectivity index (χ0v) is 8.97. The molecule has 0 heterocycles. The first-order valence-corrected chi connectivity index (χ1v) is 4.70. The predicted molar refractivity (Wildman–Crippen MR) is 53.2 cm³/mol. The van der Waals surface area contributed by atoms with Gasteiger partial charge in [0.1, 0.15) is 5.75 Å². The van der Waals surface area contributed by atoms with Crippen LogP contribution < -0.4 is 0 Å². The summed E-state index contributed by atoms with van der Waals surface area (Å²) in [5, 5.41) is 18.6. The molecule has 0 spiro atoms. The van der Waals surface area contributed by atoms with Crippen LogP contribution in [0, 0.1) is 0 Å². The summed E-state index contributed by atoms with van der Waals surface area (Å²) in [6.45, 7) is 2.77. The minimum Gasteiger partial charge on any atom is -0.507 e. The lowest BCUT2D eigenvalue weighted by Gasteiger charge is -2.24. The van der Waals surface area contributed by atoms with Crippen LogP contribution in [-0.4, -0.2) is 16.8 Å². The molecule has 0 atom stereocenters. The summed E-state index contributed by atoms with van der Waals surface area (Å²) in [5.74, 6) is -0.811. The van der Waals surface area contributed by atoms with Crippen molar-refractivity contribution < 1.29 is 23.4 Å². The number of rotatable bonds is 2. The molecule has 1 rings (SSSR count). The molecular weight excluding hydrogens is 221 g/mol. The van der Waals surface area contributed by atoms with Gasteiger partial charge < -0.3 is 10.2 Å². The highest BCUT2D eigenvalue weighted by molar-refractivity contribution is 5.45. The van der Waals surface area contributed by atoms with Crippen molar-refractivity contribution in [3.63, 3.8) is 0 Å². The Morgan fingerprint density at radius 1 is 1.12 bits per heavy atom. The second-order valence-electron chi connectivity index (χ2n) is 4.24. The fourth-order valence-corrected chi connectivity index (χ4v) is 1.40. The molecule has 16 heavy (non-hydrogen) atoms. The Morgan fingerprint density at radius 2 is 1.62 bits per heavy atom. The van der Waals surface area contributed by atoms with Gasteiger partial charge in [0, 0.05) is 11.0 Å². The third-order valence-electron chi connectivity index (χ3n) is 2.47. The van der Waals surface area contributed by atoms with Gasteiger partial charge in [-0.3, -0.25) is 0 Å². The maximum absolute atomic E-state index is 12.5. The Bertz CT molecular complexity index is 383. The van der Waals surface area contributed by atoms with Gasteiger partial charge in [0.25, 0.3) is 0 Å². The molecule has 0 saturated carbocycles. The Balaban J connectivity index is 3.36. The molecule has 1 aromatic rings. The maximum Gasteiger partial charge on any atom is 0.419 e. The summed E-state index contributed by atoms with van der Waals surface area (Å²) in [6, 6.07) is 3.41. The standard InChI is InChI=1S/C11H13F3O2/c1-10(2,6-15)7-4-3-5-8(9(7)16)11(12,13)14/h3-5,15-16H,6H2,1-2H3. The Kier molecular flexibility index (Phi) is 3.19. The van der Waals surface area contributed by atoms with E-state index in [0.29, 0.717) is 0 Å². The van der Waals surface area contributed by atoms with E-state index in [-0.39, 0.29) is 12.2 Å². The van der Waals surface area contributed by atoms with Gasteiger partial charge in [0.15, 0.2) is 0 Å². The number of aliphatic hydroxyl groups is 1. The first-order chi connectivity index (χ1) is 7.20. The number of halogens is 3. The van der Waals surface area contributed by atoms with Crippen LogP contribution in [0.25, 0.3) is 0 Å². The number of phenols is 1. The molecule has 0 amide bonds. The Morgan fingerprint density at radius 3 is 2.06 bits per heavy atom. The van der Waals surface area contributed by atoms with Crippen LogP contribution in [0.4, 0.5) is 13.2 Å². The number of alkyl halides is 3. The van der Waals surface area contributed by atoms with Crippen molar-refractivity contribution in [3.8, 4) is 5.75 Å². The molecule has 0 aliphatic carbocycles. The molecule has 0 fully saturated rings. The summed E-state index contributed by atoms with van der Waals surface area (Å²) in [6.07, 6.45) is -4.59. The number of hydrogen-bond acceptors (Lipinski definition) is 2. The number of aliphatic hydroxyl groups excluding tert-OH is 1. The third-order valence-corrected chi connectivity index (χ3v) is 2.47. The first-order valence-electron chi connectivity index (χ1n) is 4.70. The lowest BCUT2D eigenvalue weighted by Crippen LogP contribution is -2.23. The smallest absolute Gasteiger partial charge is 0.419 e. The van der Waals surface area contributed by atoms with Gasteiger partial charge >= 0.3 is 6.18 Å². The SMILES string of the molecule is CC(C)(CO)c1cccc(C(F)(F)F)c1O. The van der Waals surface area contributed by atoms with Gasteiger partial charge in [0.2, 0.25) is 0 Å². The summed E-state index contributed by atoms with van der Waals surface area (Å²) in [7, 11) is 0. The quantitative estimate of drug-likeness (QED) is 0.825. The Labute approximate surface area is 91.3 Å². The minimum absolute atomic E-state index is 0.0878. The van der Waals surface area contributed by atoms with Crippen molar-refractivity contribution >= 4 is 0 Å². The van der Waals surface area contributed by atoms with Crippen LogP contribution in [-0.2, 0) is 11.6 Å². The molecule has 0 aliphatic heterocycles. The van der Waals surface area contributed by atoms with Crippen molar-refractivity contribution in [2.24, 2.45) is 0 Å². The zero-order valence-electron chi connectivity index (χ0n) is 8.97. The molecule has 0 aliphatic rings. The largest absolute Gasteiger partial charge is 0.507 e. The second kappa shape index (κ2) is 3.97. The van der Waals surface area contributed by atoms with E-state index in [2.05, 4.69) is 0 Å². The molecule has 0 radical (unpaired) electrons. The van der Waals surface area contributed by atoms with E-state index in [0.717, 1.165) is 6.07 Å². The first kappa shape index (κ1) is 12.8. The van der Waals surface area contributed by atoms with Crippen LogP contribution in [0.15, 0.2) is 18.2 Å². The van der Waals surface area contributed by atoms with Crippen LogP contribution in [0.2, 0.25) is 0 Å². The van der Waals surface area contributed by atoms with Gasteiger partial charge in [-0.15, -0.1) is 0 Å². The average Bonchev–Trinajstić information content (AvgIpc) is 2.16. The lowest BCUT2D eigenvalue weighted by atomic mass is 9.84. The van der Waals surface area contributed by atoms with E-state index < -0.39 is 22.9 Å². The molecule has 2 nitrogen and oxygen atoms in total. The van der Waals surface area contributed by atoms with Gasteiger partial charge in [-0.2, -0.15) is 13.2 Å². The molecule has 0 aromatic heterocycles. The number of para-hydroxylation sites is 1. The zero-order chi connectivity index (χ0) is 12.6. The number of hydrogen-bond donors (Lipinski definition) is 2. The normalized spacial score (nSPS) is 12.9. The highest BCUT2D eigenvalue weighted by Gasteiger charge is 2.36. The minimum atomic E-state index is -4.59. The average molecular weight is 234 g/mol. The number of benzene rings is 1. The summed E-state index contributed by atoms with van der Waals surface area (Å²) >= 11 is 0. The van der Waals surface area contributed by atoms with E-state index >= 15 is 0 Å². The number of aromatic hydroxyl groups is 1. The van der Waals surface area contributed by atoms with Crippen LogP contribution >= 0.6 is 0 Å². The van der Waals surface area contributed by atoms with E-state index in [1.165, 1.54) is 12.1 Å². The van der Waals surface area contributed by atoms with Gasteiger partial charge in [-0.1, -0.05) is 26.0 Å². The van der Waals surface area contributed by atoms with Crippen molar-refractivity contribution in [2.45, 2.75) is 25.4 Å². The van der Waals surface area contributed by atoms with Crippen molar-refractivity contribution in [1.29, 1.82) is 0 Å². The Hall–Kier alpha value is -1.23. The fourth-order valence-electron chi connectivity index (χ4n) is 1.40. The molecule has 0 bridgehead atoms. The predicted octanol–water partition coefficient (Wildman–Crippen LogP) is 2.68. The van der Waals surface area contributed by atoms with E-state index in [1.807, 2.05) is 0 Å². The number of phenolic OH excluding ortho intramolecular Hbond substituents is 1. The third kappa shape index (κ3) is 2.29. The molecule has 5 heteroatoms. The molecular formula is C11H13F3O2. The lowest BCUT2D eigenvalue weighted by molar-refractivity contribution is -0.138. The van der Waals surface area contributed by atoms with Gasteiger partial charge in [0.05, 0.1) is 12.2 Å². The summed E-state index contributed by atoms with van der Waals surface area (Å²) in [4.78, 5) is 0. The molecule has 0 saturated heterocycles. The van der Waals surface area contributed by atoms with Crippen LogP contribution in [0.1, 0.15) is 25.0 Å². The van der Waals surface area contributed by atoms with Gasteiger partial charge in [-0.05, 0) is 6.07 Å². The van der Waals surface area contributed by atoms with Crippen molar-refractivity contribution in [1.82, 2.24) is 0 Å². The molecule has 1 aromatic carbocycles. The van der Waals surface area contributed by atoms with Crippen molar-refractivity contribution in [3.05, 3.63) is 29.3 Å². The molecule has 2 N–H and O–H groups in total. The topological polar surface area (TPSA) is 40.5 Å². The fraction of sp³-hybridized carbons (Fsp3) is 0.455. The van der Waals surface area contributed by atoms with Crippen LogP contribution in [0.5, 0.6) is 5.75 Å². The molecule has 0 unspecified atom stereocenters. The second-order valence-corrected chi connectivity index (χ2v) is 4.24. The molecule has 90 valence electrons. The van der Waals surface area contributed by atoms with E-state index in [1.54, 1.807) is 13.8 Å². The summed E-state index contributed by atoms with van der Waals surface area (Å²) < 4.78 is 37.5. The summed E-state index contributed by atoms with van der Waals surface area (Å²) in [5.41, 5.74) is -1.90. The highest BCUT2D eigenvalue weighted by Crippen LogP contribution is 2.41. The van der Waals surface area contributed by atoms with E-state index in [4.69, 9.17) is 5.11 Å². The maximum atomic E-state index is 12.5. The monoisotopic (exact) mass is 234 g/mol. The van der Waals surface area contributed by atoms with Crippen LogP contribution in [0.3, 0.4) is 0 Å². The van der Waals surface area contributed by atoms with E-state index in [9.17, 15) is 18.3 Å². The van der Waals surface area contributed by atoms with Gasteiger partial charge in [-0.25, -0.2) is 0 Å². The van der Waals surface area contributed by atoms with Crippen molar-refractivity contribution in [2.75, 3.05) is 6.61 Å².